The highest BCUT2D eigenvalue weighted by Crippen LogP contribution is 2.16. The van der Waals surface area contributed by atoms with Gasteiger partial charge in [0, 0.05) is 19.3 Å². The summed E-state index contributed by atoms with van der Waals surface area (Å²) in [6, 6.07) is 0. The van der Waals surface area contributed by atoms with Gasteiger partial charge in [-0.25, -0.2) is 0 Å². The average molecular weight is 885 g/mol. The van der Waals surface area contributed by atoms with Crippen LogP contribution in [-0.4, -0.2) is 37.2 Å². The zero-order valence-electron chi connectivity index (χ0n) is 42.1. The van der Waals surface area contributed by atoms with Crippen LogP contribution in [-0.2, 0) is 28.6 Å². The molecule has 63 heavy (non-hydrogen) atoms. The van der Waals surface area contributed by atoms with Crippen molar-refractivity contribution in [1.29, 1.82) is 0 Å². The predicted molar refractivity (Wildman–Crippen MR) is 270 cm³/mol. The topological polar surface area (TPSA) is 78.9 Å². The molecule has 0 aliphatic heterocycles. The standard InChI is InChI=1S/C57H104O6/c1-4-7-10-13-16-18-19-20-21-22-23-24-25-26-27-28-29-30-31-32-33-34-35-36-37-38-39-40-42-44-47-50-56(59)62-53-54(52-61-55(58)49-46-43-15-12-9-6-3)63-57(60)51-48-45-41-17-14-11-8-5-2/h19-20,22-23,25-26,54H,4-18,21,24,27-53H2,1-3H3/b20-19-,23-22-,26-25-. The van der Waals surface area contributed by atoms with Crippen LogP contribution in [0.4, 0.5) is 0 Å². The second kappa shape index (κ2) is 52.3. The molecule has 0 aromatic heterocycles. The summed E-state index contributed by atoms with van der Waals surface area (Å²) in [5.74, 6) is -0.874. The van der Waals surface area contributed by atoms with E-state index in [1.54, 1.807) is 0 Å². The Morgan fingerprint density at radius 1 is 0.317 bits per heavy atom. The Hall–Kier alpha value is -2.37. The van der Waals surface area contributed by atoms with E-state index < -0.39 is 6.10 Å². The van der Waals surface area contributed by atoms with Gasteiger partial charge in [-0.15, -0.1) is 0 Å². The molecule has 0 radical (unpaired) electrons. The molecule has 368 valence electrons. The van der Waals surface area contributed by atoms with E-state index in [9.17, 15) is 14.4 Å². The van der Waals surface area contributed by atoms with E-state index in [0.717, 1.165) is 70.6 Å². The maximum Gasteiger partial charge on any atom is 0.306 e. The van der Waals surface area contributed by atoms with Gasteiger partial charge in [-0.3, -0.25) is 14.4 Å². The van der Waals surface area contributed by atoms with Crippen LogP contribution in [0.5, 0.6) is 0 Å². The van der Waals surface area contributed by atoms with E-state index in [0.29, 0.717) is 19.3 Å². The summed E-state index contributed by atoms with van der Waals surface area (Å²) in [6.07, 6.45) is 62.0. The zero-order chi connectivity index (χ0) is 45.8. The van der Waals surface area contributed by atoms with Crippen LogP contribution in [0, 0.1) is 0 Å². The van der Waals surface area contributed by atoms with Gasteiger partial charge in [-0.05, 0) is 57.8 Å². The van der Waals surface area contributed by atoms with Crippen LogP contribution in [0.3, 0.4) is 0 Å². The fourth-order valence-electron chi connectivity index (χ4n) is 7.98. The summed E-state index contributed by atoms with van der Waals surface area (Å²) in [5, 5.41) is 0. The lowest BCUT2D eigenvalue weighted by molar-refractivity contribution is -0.167. The van der Waals surface area contributed by atoms with Gasteiger partial charge >= 0.3 is 17.9 Å². The number of carbonyl (C=O) groups excluding carboxylic acids is 3. The van der Waals surface area contributed by atoms with Crippen LogP contribution in [0.1, 0.15) is 290 Å². The number of hydrogen-bond donors (Lipinski definition) is 0. The molecule has 1 unspecified atom stereocenters. The molecule has 1 atom stereocenters. The maximum absolute atomic E-state index is 12.6. The van der Waals surface area contributed by atoms with Gasteiger partial charge in [0.2, 0.25) is 0 Å². The molecule has 0 aromatic carbocycles. The second-order valence-electron chi connectivity index (χ2n) is 18.5. The molecule has 6 heteroatoms. The Bertz CT molecular complexity index is 1060. The number of carbonyl (C=O) groups is 3. The van der Waals surface area contributed by atoms with Gasteiger partial charge in [0.1, 0.15) is 13.2 Å². The highest BCUT2D eigenvalue weighted by atomic mass is 16.6. The van der Waals surface area contributed by atoms with Gasteiger partial charge in [0.15, 0.2) is 6.10 Å². The van der Waals surface area contributed by atoms with Gasteiger partial charge in [0.05, 0.1) is 0 Å². The minimum Gasteiger partial charge on any atom is -0.462 e. The molecule has 0 amide bonds. The number of hydrogen-bond acceptors (Lipinski definition) is 6. The van der Waals surface area contributed by atoms with Crippen molar-refractivity contribution >= 4 is 17.9 Å². The number of esters is 3. The van der Waals surface area contributed by atoms with Crippen LogP contribution < -0.4 is 0 Å². The van der Waals surface area contributed by atoms with E-state index in [-0.39, 0.29) is 31.1 Å². The average Bonchev–Trinajstić information content (AvgIpc) is 3.28. The summed E-state index contributed by atoms with van der Waals surface area (Å²) in [5.41, 5.74) is 0. The van der Waals surface area contributed by atoms with Crippen LogP contribution in [0.2, 0.25) is 0 Å². The summed E-state index contributed by atoms with van der Waals surface area (Å²) in [7, 11) is 0. The Morgan fingerprint density at radius 2 is 0.571 bits per heavy atom. The highest BCUT2D eigenvalue weighted by Gasteiger charge is 2.19. The number of allylic oxidation sites excluding steroid dienone is 6. The molecule has 0 saturated heterocycles. The van der Waals surface area contributed by atoms with Gasteiger partial charge in [0.25, 0.3) is 0 Å². The van der Waals surface area contributed by atoms with E-state index in [4.69, 9.17) is 14.2 Å². The first-order valence-corrected chi connectivity index (χ1v) is 27.5. The smallest absolute Gasteiger partial charge is 0.306 e. The first kappa shape index (κ1) is 60.6. The molecular weight excluding hydrogens is 781 g/mol. The second-order valence-corrected chi connectivity index (χ2v) is 18.5. The fourth-order valence-corrected chi connectivity index (χ4v) is 7.98. The minimum absolute atomic E-state index is 0.0683. The summed E-state index contributed by atoms with van der Waals surface area (Å²) < 4.78 is 16.6. The number of rotatable bonds is 50. The Labute approximate surface area is 391 Å². The van der Waals surface area contributed by atoms with E-state index in [2.05, 4.69) is 57.2 Å². The third-order valence-corrected chi connectivity index (χ3v) is 12.1. The molecule has 0 fully saturated rings. The predicted octanol–water partition coefficient (Wildman–Crippen LogP) is 18.1. The normalized spacial score (nSPS) is 12.2. The van der Waals surface area contributed by atoms with Crippen molar-refractivity contribution in [3.63, 3.8) is 0 Å². The lowest BCUT2D eigenvalue weighted by Gasteiger charge is -2.18. The summed E-state index contributed by atoms with van der Waals surface area (Å²) in [6.45, 7) is 6.55. The van der Waals surface area contributed by atoms with E-state index in [1.165, 1.54) is 180 Å². The molecule has 0 bridgehead atoms. The first-order valence-electron chi connectivity index (χ1n) is 27.5. The van der Waals surface area contributed by atoms with Crippen molar-refractivity contribution in [3.8, 4) is 0 Å². The number of ether oxygens (including phenoxy) is 3. The summed E-state index contributed by atoms with van der Waals surface area (Å²) in [4.78, 5) is 37.5. The molecule has 0 aliphatic carbocycles. The van der Waals surface area contributed by atoms with Gasteiger partial charge in [-0.2, -0.15) is 0 Å². The van der Waals surface area contributed by atoms with Crippen molar-refractivity contribution in [1.82, 2.24) is 0 Å². The Kier molecular flexibility index (Phi) is 50.3. The van der Waals surface area contributed by atoms with E-state index >= 15 is 0 Å². The molecule has 0 aliphatic rings. The molecule has 0 rings (SSSR count). The van der Waals surface area contributed by atoms with Crippen LogP contribution in [0.15, 0.2) is 36.5 Å². The molecule has 0 saturated carbocycles. The fraction of sp³-hybridized carbons (Fsp3) is 0.842. The van der Waals surface area contributed by atoms with Gasteiger partial charge in [-0.1, -0.05) is 250 Å². The molecule has 0 spiro atoms. The highest BCUT2D eigenvalue weighted by molar-refractivity contribution is 5.71. The van der Waals surface area contributed by atoms with Crippen LogP contribution in [0.25, 0.3) is 0 Å². The zero-order valence-corrected chi connectivity index (χ0v) is 42.1. The SMILES string of the molecule is CCCCCCC/C=C\C/C=C\C/C=C\CCCCCCCCCCCCCCCCCCC(=O)OCC(COC(=O)CCCCCCCC)OC(=O)CCCCCCCCCC. The van der Waals surface area contributed by atoms with Crippen LogP contribution >= 0.6 is 0 Å². The van der Waals surface area contributed by atoms with Crippen molar-refractivity contribution in [2.45, 2.75) is 297 Å². The Balaban J connectivity index is 3.87. The molecule has 0 heterocycles. The first-order chi connectivity index (χ1) is 31.0. The lowest BCUT2D eigenvalue weighted by Crippen LogP contribution is -2.30. The van der Waals surface area contributed by atoms with E-state index in [1.807, 2.05) is 0 Å². The van der Waals surface area contributed by atoms with Crippen molar-refractivity contribution in [2.75, 3.05) is 13.2 Å². The molecule has 6 nitrogen and oxygen atoms in total. The molecular formula is C57H104O6. The minimum atomic E-state index is -0.762. The monoisotopic (exact) mass is 885 g/mol. The largest absolute Gasteiger partial charge is 0.462 e. The lowest BCUT2D eigenvalue weighted by atomic mass is 10.0. The van der Waals surface area contributed by atoms with Crippen molar-refractivity contribution in [2.24, 2.45) is 0 Å². The third-order valence-electron chi connectivity index (χ3n) is 12.1. The maximum atomic E-state index is 12.6. The number of unbranched alkanes of at least 4 members (excludes halogenated alkanes) is 33. The molecule has 0 N–H and O–H groups in total. The quantitative estimate of drug-likeness (QED) is 0.0262. The molecule has 0 aromatic rings. The summed E-state index contributed by atoms with van der Waals surface area (Å²) >= 11 is 0. The Morgan fingerprint density at radius 3 is 0.889 bits per heavy atom. The third kappa shape index (κ3) is 50.5. The van der Waals surface area contributed by atoms with Crippen molar-refractivity contribution in [3.05, 3.63) is 36.5 Å². The van der Waals surface area contributed by atoms with Crippen molar-refractivity contribution < 1.29 is 28.6 Å². The van der Waals surface area contributed by atoms with Gasteiger partial charge < -0.3 is 14.2 Å².